The van der Waals surface area contributed by atoms with Crippen molar-refractivity contribution in [2.24, 2.45) is 0 Å². The van der Waals surface area contributed by atoms with E-state index >= 15 is 0 Å². The molecule has 6 heteroatoms. The van der Waals surface area contributed by atoms with E-state index in [9.17, 15) is 19.8 Å². The first-order chi connectivity index (χ1) is 29.5. The van der Waals surface area contributed by atoms with Gasteiger partial charge in [-0.25, -0.2) is 0 Å². The summed E-state index contributed by atoms with van der Waals surface area (Å²) >= 11 is 0. The molecule has 6 nitrogen and oxygen atoms in total. The Balaban J connectivity index is 4.75. The number of carbonyl (C=O) groups is 2. The zero-order valence-corrected chi connectivity index (χ0v) is 39.6. The summed E-state index contributed by atoms with van der Waals surface area (Å²) < 4.78 is 5.86. The third kappa shape index (κ3) is 42.3. The Morgan fingerprint density at radius 2 is 0.883 bits per heavy atom. The molecular weight excluding hydrogens is 743 g/mol. The highest BCUT2D eigenvalue weighted by Gasteiger charge is 2.23. The monoisotopic (exact) mass is 840 g/mol. The average Bonchev–Trinajstić information content (AvgIpc) is 3.24. The van der Waals surface area contributed by atoms with Crippen molar-refractivity contribution < 1.29 is 24.5 Å². The Bertz CT molecular complexity index is 1080. The molecule has 0 saturated carbocycles. The molecule has 0 heterocycles. The Morgan fingerprint density at radius 3 is 1.38 bits per heavy atom. The number of unbranched alkanes of at least 4 members (excludes halogenated alkanes) is 24. The van der Waals surface area contributed by atoms with Crippen molar-refractivity contribution in [3.05, 3.63) is 60.8 Å². The molecule has 0 aromatic carbocycles. The molecule has 348 valence electrons. The number of nitrogens with one attached hydrogen (secondary N) is 1. The van der Waals surface area contributed by atoms with Crippen LogP contribution in [-0.2, 0) is 14.3 Å². The minimum absolute atomic E-state index is 0.00484. The fourth-order valence-electron chi connectivity index (χ4n) is 7.40. The second-order valence-corrected chi connectivity index (χ2v) is 17.2. The summed E-state index contributed by atoms with van der Waals surface area (Å²) in [6.45, 7) is 6.41. The molecule has 3 unspecified atom stereocenters. The Morgan fingerprint density at radius 1 is 0.500 bits per heavy atom. The second-order valence-electron chi connectivity index (χ2n) is 17.2. The molecule has 0 aliphatic heterocycles. The largest absolute Gasteiger partial charge is 0.461 e. The minimum atomic E-state index is -0.813. The zero-order chi connectivity index (χ0) is 43.8. The van der Waals surface area contributed by atoms with Crippen LogP contribution in [0.15, 0.2) is 60.8 Å². The van der Waals surface area contributed by atoms with Crippen molar-refractivity contribution >= 4 is 11.9 Å². The lowest BCUT2D eigenvalue weighted by molar-refractivity contribution is -0.150. The van der Waals surface area contributed by atoms with E-state index in [1.165, 1.54) is 128 Å². The van der Waals surface area contributed by atoms with Crippen LogP contribution in [0.25, 0.3) is 0 Å². The van der Waals surface area contributed by atoms with E-state index in [0.29, 0.717) is 19.3 Å². The molecule has 0 radical (unpaired) electrons. The SMILES string of the molecule is CCCCC/C=C\C/C=C\C/C=C\C/C=C\CC(CC(=O)NC(CO)C(O)CCCCCCCCCCCCCC)OC(=O)CCCCC/C=C\CCCCCCCCC. The van der Waals surface area contributed by atoms with Crippen molar-refractivity contribution in [3.63, 3.8) is 0 Å². The van der Waals surface area contributed by atoms with Crippen molar-refractivity contribution in [2.45, 2.75) is 264 Å². The van der Waals surface area contributed by atoms with Gasteiger partial charge in [0.1, 0.15) is 6.10 Å². The number of hydrogen-bond acceptors (Lipinski definition) is 5. The molecule has 3 atom stereocenters. The highest BCUT2D eigenvalue weighted by atomic mass is 16.5. The van der Waals surface area contributed by atoms with Gasteiger partial charge in [-0.05, 0) is 70.6 Å². The molecule has 0 aliphatic carbocycles. The van der Waals surface area contributed by atoms with E-state index in [0.717, 1.165) is 70.6 Å². The van der Waals surface area contributed by atoms with Gasteiger partial charge < -0.3 is 20.3 Å². The van der Waals surface area contributed by atoms with Gasteiger partial charge in [0.05, 0.1) is 25.2 Å². The second kappa shape index (κ2) is 47.6. The summed E-state index contributed by atoms with van der Waals surface area (Å²) in [5, 5.41) is 23.7. The van der Waals surface area contributed by atoms with Crippen LogP contribution in [0.3, 0.4) is 0 Å². The van der Waals surface area contributed by atoms with Gasteiger partial charge in [-0.1, -0.05) is 216 Å². The van der Waals surface area contributed by atoms with Crippen molar-refractivity contribution in [1.82, 2.24) is 5.32 Å². The summed E-state index contributed by atoms with van der Waals surface area (Å²) in [6, 6.07) is -0.734. The molecule has 0 aliphatic rings. The standard InChI is InChI=1S/C54H97NO5/c1-4-7-10-13-16-19-22-25-27-28-30-33-36-39-42-45-50(60-54(59)47-44-41-38-35-32-29-26-23-20-17-14-11-8-5-2)48-53(58)55-51(49-56)52(57)46-43-40-37-34-31-24-21-18-15-12-9-6-3/h16,19,25,27,29-30,32-33,39,42,50-52,56-57H,4-15,17-18,20-24,26,28,31,34-38,40-41,43-49H2,1-3H3,(H,55,58)/b19-16-,27-25-,32-29-,33-30-,42-39-. The minimum Gasteiger partial charge on any atom is -0.461 e. The van der Waals surface area contributed by atoms with Crippen molar-refractivity contribution in [2.75, 3.05) is 6.61 Å². The number of hydrogen-bond donors (Lipinski definition) is 3. The first-order valence-electron chi connectivity index (χ1n) is 25.5. The Labute approximate surface area is 371 Å². The molecule has 0 saturated heterocycles. The molecule has 0 aromatic heterocycles. The van der Waals surface area contributed by atoms with Crippen LogP contribution in [0.2, 0.25) is 0 Å². The summed E-state index contributed by atoms with van der Waals surface area (Å²) in [6.07, 6.45) is 58.6. The number of rotatable bonds is 45. The predicted octanol–water partition coefficient (Wildman–Crippen LogP) is 15.2. The van der Waals surface area contributed by atoms with E-state index < -0.39 is 18.2 Å². The van der Waals surface area contributed by atoms with Crippen molar-refractivity contribution in [1.29, 1.82) is 0 Å². The van der Waals surface area contributed by atoms with Crippen LogP contribution in [0.4, 0.5) is 0 Å². The quantitative estimate of drug-likeness (QED) is 0.0322. The van der Waals surface area contributed by atoms with E-state index in [1.54, 1.807) is 0 Å². The van der Waals surface area contributed by atoms with Gasteiger partial charge in [0, 0.05) is 12.8 Å². The molecule has 0 bridgehead atoms. The van der Waals surface area contributed by atoms with Crippen LogP contribution in [0.5, 0.6) is 0 Å². The number of esters is 1. The smallest absolute Gasteiger partial charge is 0.306 e. The zero-order valence-electron chi connectivity index (χ0n) is 39.6. The van der Waals surface area contributed by atoms with Crippen molar-refractivity contribution in [3.8, 4) is 0 Å². The first-order valence-corrected chi connectivity index (χ1v) is 25.5. The summed E-state index contributed by atoms with van der Waals surface area (Å²) in [5.74, 6) is -0.594. The van der Waals surface area contributed by atoms with Gasteiger partial charge in [-0.15, -0.1) is 0 Å². The summed E-state index contributed by atoms with van der Waals surface area (Å²) in [4.78, 5) is 26.1. The first kappa shape index (κ1) is 57.6. The lowest BCUT2D eigenvalue weighted by Crippen LogP contribution is -2.46. The topological polar surface area (TPSA) is 95.9 Å². The lowest BCUT2D eigenvalue weighted by Gasteiger charge is -2.24. The van der Waals surface area contributed by atoms with E-state index in [-0.39, 0.29) is 24.9 Å². The fourth-order valence-corrected chi connectivity index (χ4v) is 7.40. The van der Waals surface area contributed by atoms with Crippen LogP contribution in [-0.4, -0.2) is 46.9 Å². The van der Waals surface area contributed by atoms with Crippen LogP contribution in [0.1, 0.15) is 245 Å². The van der Waals surface area contributed by atoms with Gasteiger partial charge in [0.2, 0.25) is 5.91 Å². The molecule has 60 heavy (non-hydrogen) atoms. The maximum Gasteiger partial charge on any atom is 0.306 e. The maximum absolute atomic E-state index is 13.2. The van der Waals surface area contributed by atoms with Crippen LogP contribution in [0, 0.1) is 0 Å². The fraction of sp³-hybridized carbons (Fsp3) is 0.778. The number of carbonyl (C=O) groups excluding carboxylic acids is 2. The van der Waals surface area contributed by atoms with E-state index in [2.05, 4.69) is 74.7 Å². The molecule has 0 aromatic rings. The molecule has 0 fully saturated rings. The molecule has 0 rings (SSSR count). The van der Waals surface area contributed by atoms with Gasteiger partial charge >= 0.3 is 5.97 Å². The average molecular weight is 840 g/mol. The van der Waals surface area contributed by atoms with Gasteiger partial charge in [-0.2, -0.15) is 0 Å². The molecule has 1 amide bonds. The highest BCUT2D eigenvalue weighted by Crippen LogP contribution is 2.16. The predicted molar refractivity (Wildman–Crippen MR) is 259 cm³/mol. The molecule has 3 N–H and O–H groups in total. The molecular formula is C54H97NO5. The van der Waals surface area contributed by atoms with Gasteiger partial charge in [0.25, 0.3) is 0 Å². The van der Waals surface area contributed by atoms with Crippen LogP contribution >= 0.6 is 0 Å². The number of ether oxygens (including phenoxy) is 1. The summed E-state index contributed by atoms with van der Waals surface area (Å²) in [7, 11) is 0. The van der Waals surface area contributed by atoms with Crippen LogP contribution < -0.4 is 5.32 Å². The van der Waals surface area contributed by atoms with Gasteiger partial charge in [0.15, 0.2) is 0 Å². The van der Waals surface area contributed by atoms with E-state index in [1.807, 2.05) is 12.2 Å². The maximum atomic E-state index is 13.2. The normalized spacial score (nSPS) is 13.8. The lowest BCUT2D eigenvalue weighted by atomic mass is 10.0. The number of aliphatic hydroxyl groups is 2. The Hall–Kier alpha value is -2.44. The number of allylic oxidation sites excluding steroid dienone is 9. The third-order valence-electron chi connectivity index (χ3n) is 11.3. The third-order valence-corrected chi connectivity index (χ3v) is 11.3. The Kier molecular flexibility index (Phi) is 45.7. The van der Waals surface area contributed by atoms with E-state index in [4.69, 9.17) is 4.74 Å². The number of aliphatic hydroxyl groups excluding tert-OH is 2. The highest BCUT2D eigenvalue weighted by molar-refractivity contribution is 5.77. The number of amides is 1. The summed E-state index contributed by atoms with van der Waals surface area (Å²) in [5.41, 5.74) is 0. The van der Waals surface area contributed by atoms with Gasteiger partial charge in [-0.3, -0.25) is 9.59 Å². The molecule has 0 spiro atoms.